The summed E-state index contributed by atoms with van der Waals surface area (Å²) in [5, 5.41) is 0. The molecule has 0 aromatic heterocycles. The smallest absolute Gasteiger partial charge is 0.00719 e. The molecule has 0 aliphatic heterocycles. The predicted molar refractivity (Wildman–Crippen MR) is 58.8 cm³/mol. The summed E-state index contributed by atoms with van der Waals surface area (Å²) in [6, 6.07) is 10.5. The van der Waals surface area contributed by atoms with Gasteiger partial charge in [-0.1, -0.05) is 39.0 Å². The fraction of sp³-hybridized carbons (Fsp3) is 0.455. The lowest BCUT2D eigenvalue weighted by Gasteiger charge is -1.96. The minimum absolute atomic E-state index is 1.23. The van der Waals surface area contributed by atoms with Crippen LogP contribution in [0.25, 0.3) is 0 Å². The van der Waals surface area contributed by atoms with Crippen molar-refractivity contribution >= 4 is 11.8 Å². The first-order chi connectivity index (χ1) is 5.93. The zero-order chi connectivity index (χ0) is 9.23. The molecule has 0 radical (unpaired) electrons. The standard InChI is InChI=1S/C9H12S.C2H6/c1-2-8-10-9-6-4-3-5-7-9;1-2/h3-7H,2,8H2,1H3;1-2H3. The van der Waals surface area contributed by atoms with E-state index in [0.29, 0.717) is 0 Å². The first-order valence-corrected chi connectivity index (χ1v) is 5.60. The fourth-order valence-electron chi connectivity index (χ4n) is 0.737. The maximum Gasteiger partial charge on any atom is 0.00719 e. The molecule has 0 saturated heterocycles. The van der Waals surface area contributed by atoms with Crippen molar-refractivity contribution in [1.82, 2.24) is 0 Å². The van der Waals surface area contributed by atoms with Crippen molar-refractivity contribution in [2.45, 2.75) is 32.1 Å². The molecule has 1 rings (SSSR count). The molecule has 0 unspecified atom stereocenters. The third kappa shape index (κ3) is 5.25. The van der Waals surface area contributed by atoms with E-state index in [0.717, 1.165) is 0 Å². The maximum atomic E-state index is 2.20. The average molecular weight is 182 g/mol. The topological polar surface area (TPSA) is 0 Å². The molecule has 12 heavy (non-hydrogen) atoms. The highest BCUT2D eigenvalue weighted by Gasteiger charge is 1.87. The summed E-state index contributed by atoms with van der Waals surface area (Å²) in [7, 11) is 0. The SMILES string of the molecule is CC.CCCSc1ccccc1. The van der Waals surface area contributed by atoms with Crippen LogP contribution in [0, 0.1) is 0 Å². The summed E-state index contributed by atoms with van der Waals surface area (Å²) in [5.41, 5.74) is 0. The van der Waals surface area contributed by atoms with E-state index >= 15 is 0 Å². The lowest BCUT2D eigenvalue weighted by atomic mass is 10.4. The van der Waals surface area contributed by atoms with Crippen LogP contribution in [-0.2, 0) is 0 Å². The molecule has 0 fully saturated rings. The first kappa shape index (κ1) is 11.6. The third-order valence-corrected chi connectivity index (χ3v) is 2.43. The molecule has 68 valence electrons. The van der Waals surface area contributed by atoms with Gasteiger partial charge < -0.3 is 0 Å². The Morgan fingerprint density at radius 1 is 1.08 bits per heavy atom. The Bertz CT molecular complexity index is 170. The second-order valence-electron chi connectivity index (χ2n) is 2.16. The molecule has 0 heterocycles. The quantitative estimate of drug-likeness (QED) is 0.631. The normalized spacial score (nSPS) is 8.58. The van der Waals surface area contributed by atoms with Gasteiger partial charge in [0.2, 0.25) is 0 Å². The van der Waals surface area contributed by atoms with Gasteiger partial charge in [0.1, 0.15) is 0 Å². The summed E-state index contributed by atoms with van der Waals surface area (Å²) >= 11 is 1.92. The summed E-state index contributed by atoms with van der Waals surface area (Å²) in [5.74, 6) is 1.23. The van der Waals surface area contributed by atoms with Crippen LogP contribution in [0.1, 0.15) is 27.2 Å². The molecule has 0 spiro atoms. The molecule has 0 bridgehead atoms. The Balaban J connectivity index is 0.000000561. The summed E-state index contributed by atoms with van der Waals surface area (Å²) in [4.78, 5) is 1.38. The minimum atomic E-state index is 1.23. The van der Waals surface area contributed by atoms with Gasteiger partial charge in [-0.3, -0.25) is 0 Å². The highest BCUT2D eigenvalue weighted by atomic mass is 32.2. The molecular formula is C11H18S. The summed E-state index contributed by atoms with van der Waals surface area (Å²) in [6.45, 7) is 6.20. The van der Waals surface area contributed by atoms with Gasteiger partial charge in [0, 0.05) is 4.90 Å². The molecule has 1 heteroatoms. The number of benzene rings is 1. The van der Waals surface area contributed by atoms with E-state index in [1.54, 1.807) is 0 Å². The van der Waals surface area contributed by atoms with Crippen molar-refractivity contribution in [2.24, 2.45) is 0 Å². The lowest BCUT2D eigenvalue weighted by molar-refractivity contribution is 1.10. The second-order valence-corrected chi connectivity index (χ2v) is 3.33. The number of hydrogen-bond donors (Lipinski definition) is 0. The van der Waals surface area contributed by atoms with Crippen LogP contribution in [0.3, 0.4) is 0 Å². The minimum Gasteiger partial charge on any atom is -0.126 e. The molecule has 0 amide bonds. The lowest BCUT2D eigenvalue weighted by Crippen LogP contribution is -1.73. The Labute approximate surface area is 80.4 Å². The van der Waals surface area contributed by atoms with E-state index in [1.165, 1.54) is 17.1 Å². The molecule has 0 aliphatic rings. The van der Waals surface area contributed by atoms with Gasteiger partial charge in [-0.05, 0) is 24.3 Å². The van der Waals surface area contributed by atoms with Gasteiger partial charge in [-0.25, -0.2) is 0 Å². The number of hydrogen-bond acceptors (Lipinski definition) is 1. The predicted octanol–water partition coefficient (Wildman–Crippen LogP) is 4.21. The zero-order valence-electron chi connectivity index (χ0n) is 8.21. The number of rotatable bonds is 3. The molecule has 1 aromatic rings. The Kier molecular flexibility index (Phi) is 8.35. The Morgan fingerprint density at radius 2 is 1.67 bits per heavy atom. The molecule has 0 aliphatic carbocycles. The molecular weight excluding hydrogens is 164 g/mol. The van der Waals surface area contributed by atoms with Gasteiger partial charge in [0.25, 0.3) is 0 Å². The number of thioether (sulfide) groups is 1. The van der Waals surface area contributed by atoms with Crippen LogP contribution < -0.4 is 0 Å². The van der Waals surface area contributed by atoms with Crippen LogP contribution >= 0.6 is 11.8 Å². The van der Waals surface area contributed by atoms with E-state index < -0.39 is 0 Å². The van der Waals surface area contributed by atoms with Crippen molar-refractivity contribution in [1.29, 1.82) is 0 Å². The van der Waals surface area contributed by atoms with Crippen molar-refractivity contribution in [3.8, 4) is 0 Å². The maximum absolute atomic E-state index is 2.20. The molecule has 0 N–H and O–H groups in total. The first-order valence-electron chi connectivity index (χ1n) is 4.61. The van der Waals surface area contributed by atoms with Gasteiger partial charge in [-0.2, -0.15) is 0 Å². The highest BCUT2D eigenvalue weighted by Crippen LogP contribution is 2.16. The van der Waals surface area contributed by atoms with Gasteiger partial charge in [0.05, 0.1) is 0 Å². The Hall–Kier alpha value is -0.430. The fourth-order valence-corrected chi connectivity index (χ4v) is 1.53. The largest absolute Gasteiger partial charge is 0.126 e. The zero-order valence-corrected chi connectivity index (χ0v) is 9.03. The van der Waals surface area contributed by atoms with Gasteiger partial charge in [-0.15, -0.1) is 11.8 Å². The third-order valence-electron chi connectivity index (χ3n) is 1.22. The van der Waals surface area contributed by atoms with E-state index in [4.69, 9.17) is 0 Å². The van der Waals surface area contributed by atoms with Crippen molar-refractivity contribution in [2.75, 3.05) is 5.75 Å². The van der Waals surface area contributed by atoms with Crippen LogP contribution in [-0.4, -0.2) is 5.75 Å². The van der Waals surface area contributed by atoms with Crippen LogP contribution in [0.2, 0.25) is 0 Å². The summed E-state index contributed by atoms with van der Waals surface area (Å²) in [6.07, 6.45) is 1.25. The van der Waals surface area contributed by atoms with Crippen LogP contribution in [0.5, 0.6) is 0 Å². The van der Waals surface area contributed by atoms with Crippen LogP contribution in [0.4, 0.5) is 0 Å². The van der Waals surface area contributed by atoms with E-state index in [1.807, 2.05) is 25.6 Å². The average Bonchev–Trinajstić information content (AvgIpc) is 2.19. The van der Waals surface area contributed by atoms with Crippen LogP contribution in [0.15, 0.2) is 35.2 Å². The second kappa shape index (κ2) is 8.66. The summed E-state index contributed by atoms with van der Waals surface area (Å²) < 4.78 is 0. The molecule has 1 aromatic carbocycles. The van der Waals surface area contributed by atoms with E-state index in [9.17, 15) is 0 Å². The molecule has 0 atom stereocenters. The van der Waals surface area contributed by atoms with Crippen molar-refractivity contribution < 1.29 is 0 Å². The van der Waals surface area contributed by atoms with Crippen molar-refractivity contribution in [3.05, 3.63) is 30.3 Å². The van der Waals surface area contributed by atoms with Gasteiger partial charge in [0.15, 0.2) is 0 Å². The highest BCUT2D eigenvalue weighted by molar-refractivity contribution is 7.99. The Morgan fingerprint density at radius 3 is 2.17 bits per heavy atom. The molecule has 0 nitrogen and oxygen atoms in total. The monoisotopic (exact) mass is 182 g/mol. The molecule has 0 saturated carbocycles. The van der Waals surface area contributed by atoms with E-state index in [2.05, 4.69) is 37.3 Å². The van der Waals surface area contributed by atoms with Gasteiger partial charge >= 0.3 is 0 Å². The van der Waals surface area contributed by atoms with E-state index in [-0.39, 0.29) is 0 Å². The van der Waals surface area contributed by atoms with Crippen molar-refractivity contribution in [3.63, 3.8) is 0 Å².